The highest BCUT2D eigenvalue weighted by Gasteiger charge is 2.11. The molecule has 130 valence electrons. The van der Waals surface area contributed by atoms with Crippen LogP contribution in [0.5, 0.6) is 0 Å². The Morgan fingerprint density at radius 1 is 1.43 bits per heavy atom. The zero-order valence-corrected chi connectivity index (χ0v) is 15.1. The van der Waals surface area contributed by atoms with Gasteiger partial charge in [-0.1, -0.05) is 11.6 Å². The maximum absolute atomic E-state index is 6.06. The van der Waals surface area contributed by atoms with Crippen LogP contribution in [0, 0.1) is 0 Å². The number of aliphatic imine (C=N–C) groups is 1. The van der Waals surface area contributed by atoms with Crippen molar-refractivity contribution >= 4 is 17.6 Å². The number of aryl methyl sites for hydroxylation is 1. The normalized spacial score (nSPS) is 16.6. The molecule has 7 heteroatoms. The third kappa shape index (κ3) is 5.71. The van der Waals surface area contributed by atoms with Crippen LogP contribution in [-0.4, -0.2) is 73.3 Å². The number of hydrogen-bond donors (Lipinski definition) is 1. The molecule has 0 amide bonds. The molecule has 0 atom stereocenters. The van der Waals surface area contributed by atoms with Crippen molar-refractivity contribution in [2.75, 3.05) is 53.0 Å². The van der Waals surface area contributed by atoms with Gasteiger partial charge in [-0.05, 0) is 13.0 Å². The summed E-state index contributed by atoms with van der Waals surface area (Å²) in [6.45, 7) is 9.15. The van der Waals surface area contributed by atoms with Gasteiger partial charge < -0.3 is 19.5 Å². The SMILES string of the molecule is CCNC(=NCCN1CCOCC1)N(C)Cc1cc(Cl)cn1C. The van der Waals surface area contributed by atoms with Gasteiger partial charge in [0.2, 0.25) is 0 Å². The quantitative estimate of drug-likeness (QED) is 0.627. The maximum atomic E-state index is 6.06. The molecule has 0 aromatic carbocycles. The van der Waals surface area contributed by atoms with Crippen LogP contribution in [0.25, 0.3) is 0 Å². The lowest BCUT2D eigenvalue weighted by Crippen LogP contribution is -2.40. The summed E-state index contributed by atoms with van der Waals surface area (Å²) >= 11 is 6.06. The number of hydrogen-bond acceptors (Lipinski definition) is 3. The smallest absolute Gasteiger partial charge is 0.194 e. The lowest BCUT2D eigenvalue weighted by atomic mass is 10.4. The minimum atomic E-state index is 0.769. The van der Waals surface area contributed by atoms with Gasteiger partial charge in [0.15, 0.2) is 5.96 Å². The number of aromatic nitrogens is 1. The van der Waals surface area contributed by atoms with Crippen molar-refractivity contribution < 1.29 is 4.74 Å². The van der Waals surface area contributed by atoms with E-state index in [1.165, 1.54) is 0 Å². The average molecular weight is 342 g/mol. The zero-order chi connectivity index (χ0) is 16.7. The molecule has 1 N–H and O–H groups in total. The van der Waals surface area contributed by atoms with Gasteiger partial charge in [-0.15, -0.1) is 0 Å². The van der Waals surface area contributed by atoms with Gasteiger partial charge in [-0.25, -0.2) is 0 Å². The molecule has 1 aromatic rings. The molecule has 0 saturated carbocycles. The molecular weight excluding hydrogens is 314 g/mol. The number of ether oxygens (including phenoxy) is 1. The van der Waals surface area contributed by atoms with Gasteiger partial charge in [-0.3, -0.25) is 9.89 Å². The predicted molar refractivity (Wildman–Crippen MR) is 95.1 cm³/mol. The van der Waals surface area contributed by atoms with Crippen LogP contribution in [0.4, 0.5) is 0 Å². The Balaban J connectivity index is 1.90. The Morgan fingerprint density at radius 2 is 2.17 bits per heavy atom. The van der Waals surface area contributed by atoms with E-state index in [1.807, 2.05) is 19.3 Å². The molecular formula is C16H28ClN5O. The summed E-state index contributed by atoms with van der Waals surface area (Å²) in [6, 6.07) is 2.00. The van der Waals surface area contributed by atoms with E-state index in [-0.39, 0.29) is 0 Å². The number of rotatable bonds is 6. The fourth-order valence-electron chi connectivity index (χ4n) is 2.63. The summed E-state index contributed by atoms with van der Waals surface area (Å²) in [7, 11) is 4.06. The van der Waals surface area contributed by atoms with Crippen LogP contribution in [0.15, 0.2) is 17.3 Å². The lowest BCUT2D eigenvalue weighted by molar-refractivity contribution is 0.0394. The molecule has 1 fully saturated rings. The van der Waals surface area contributed by atoms with E-state index in [0.717, 1.165) is 69.2 Å². The Labute approximate surface area is 144 Å². The second kappa shape index (κ2) is 9.15. The molecule has 2 heterocycles. The van der Waals surface area contributed by atoms with E-state index < -0.39 is 0 Å². The Bertz CT molecular complexity index is 511. The standard InChI is InChI=1S/C16H28ClN5O/c1-4-18-16(19-5-6-22-7-9-23-10-8-22)21(3)13-15-11-14(17)12-20(15)2/h11-12H,4-10,13H2,1-3H3,(H,18,19). The molecule has 1 aliphatic heterocycles. The Kier molecular flexibility index (Phi) is 7.20. The lowest BCUT2D eigenvalue weighted by Gasteiger charge is -2.26. The molecule has 2 rings (SSSR count). The monoisotopic (exact) mass is 341 g/mol. The summed E-state index contributed by atoms with van der Waals surface area (Å²) in [5.41, 5.74) is 1.16. The number of guanidine groups is 1. The zero-order valence-electron chi connectivity index (χ0n) is 14.4. The van der Waals surface area contributed by atoms with E-state index in [4.69, 9.17) is 21.3 Å². The van der Waals surface area contributed by atoms with Crippen LogP contribution in [0.1, 0.15) is 12.6 Å². The van der Waals surface area contributed by atoms with Crippen molar-refractivity contribution in [3.63, 3.8) is 0 Å². The van der Waals surface area contributed by atoms with Gasteiger partial charge in [0, 0.05) is 52.2 Å². The molecule has 0 aliphatic carbocycles. The fourth-order valence-corrected chi connectivity index (χ4v) is 2.91. The maximum Gasteiger partial charge on any atom is 0.194 e. The summed E-state index contributed by atoms with van der Waals surface area (Å²) in [6.07, 6.45) is 1.92. The van der Waals surface area contributed by atoms with E-state index in [2.05, 4.69) is 33.7 Å². The van der Waals surface area contributed by atoms with Crippen LogP contribution >= 0.6 is 11.6 Å². The number of halogens is 1. The summed E-state index contributed by atoms with van der Waals surface area (Å²) in [5.74, 6) is 0.929. The highest BCUT2D eigenvalue weighted by atomic mass is 35.5. The molecule has 1 aliphatic rings. The molecule has 0 radical (unpaired) electrons. The summed E-state index contributed by atoms with van der Waals surface area (Å²) in [4.78, 5) is 9.28. The van der Waals surface area contributed by atoms with Crippen molar-refractivity contribution in [3.8, 4) is 0 Å². The third-order valence-corrected chi connectivity index (χ3v) is 4.16. The molecule has 0 bridgehead atoms. The van der Waals surface area contributed by atoms with Crippen molar-refractivity contribution in [1.82, 2.24) is 19.7 Å². The van der Waals surface area contributed by atoms with Gasteiger partial charge in [0.25, 0.3) is 0 Å². The van der Waals surface area contributed by atoms with Crippen LogP contribution in [0.3, 0.4) is 0 Å². The van der Waals surface area contributed by atoms with Gasteiger partial charge in [0.05, 0.1) is 31.3 Å². The highest BCUT2D eigenvalue weighted by Crippen LogP contribution is 2.14. The average Bonchev–Trinajstić information content (AvgIpc) is 2.85. The van der Waals surface area contributed by atoms with E-state index in [1.54, 1.807) is 0 Å². The van der Waals surface area contributed by atoms with Gasteiger partial charge >= 0.3 is 0 Å². The molecule has 0 spiro atoms. The van der Waals surface area contributed by atoms with Crippen molar-refractivity contribution in [1.29, 1.82) is 0 Å². The van der Waals surface area contributed by atoms with Crippen LogP contribution in [0.2, 0.25) is 5.02 Å². The first-order valence-electron chi connectivity index (χ1n) is 8.20. The van der Waals surface area contributed by atoms with Crippen molar-refractivity contribution in [3.05, 3.63) is 23.0 Å². The van der Waals surface area contributed by atoms with Crippen molar-refractivity contribution in [2.24, 2.45) is 12.0 Å². The van der Waals surface area contributed by atoms with Gasteiger partial charge in [-0.2, -0.15) is 0 Å². The number of nitrogens with zero attached hydrogens (tertiary/aromatic N) is 4. The topological polar surface area (TPSA) is 45.0 Å². The second-order valence-corrected chi connectivity index (χ2v) is 6.24. The second-order valence-electron chi connectivity index (χ2n) is 5.81. The van der Waals surface area contributed by atoms with E-state index in [0.29, 0.717) is 0 Å². The summed E-state index contributed by atoms with van der Waals surface area (Å²) < 4.78 is 7.42. The first-order chi connectivity index (χ1) is 11.1. The number of morpholine rings is 1. The van der Waals surface area contributed by atoms with E-state index in [9.17, 15) is 0 Å². The van der Waals surface area contributed by atoms with Crippen LogP contribution < -0.4 is 5.32 Å². The van der Waals surface area contributed by atoms with Gasteiger partial charge in [0.1, 0.15) is 0 Å². The predicted octanol–water partition coefficient (Wildman–Crippen LogP) is 1.41. The largest absolute Gasteiger partial charge is 0.379 e. The molecule has 0 unspecified atom stereocenters. The van der Waals surface area contributed by atoms with Crippen molar-refractivity contribution in [2.45, 2.75) is 13.5 Å². The minimum absolute atomic E-state index is 0.769. The first kappa shape index (κ1) is 18.1. The van der Waals surface area contributed by atoms with E-state index >= 15 is 0 Å². The number of nitrogens with one attached hydrogen (secondary N) is 1. The molecule has 1 saturated heterocycles. The summed E-state index contributed by atoms with van der Waals surface area (Å²) in [5, 5.41) is 4.13. The first-order valence-corrected chi connectivity index (χ1v) is 8.58. The highest BCUT2D eigenvalue weighted by molar-refractivity contribution is 6.30. The molecule has 1 aromatic heterocycles. The molecule has 6 nitrogen and oxygen atoms in total. The van der Waals surface area contributed by atoms with Crippen LogP contribution in [-0.2, 0) is 18.3 Å². The Morgan fingerprint density at radius 3 is 2.78 bits per heavy atom. The fraction of sp³-hybridized carbons (Fsp3) is 0.688. The molecule has 23 heavy (non-hydrogen) atoms. The minimum Gasteiger partial charge on any atom is -0.379 e. The third-order valence-electron chi connectivity index (χ3n) is 3.95. The Hall–Kier alpha value is -1.24.